The van der Waals surface area contributed by atoms with Gasteiger partial charge in [-0.15, -0.1) is 0 Å². The van der Waals surface area contributed by atoms with E-state index in [1.54, 1.807) is 24.0 Å². The van der Waals surface area contributed by atoms with Gasteiger partial charge in [0.05, 0.1) is 0 Å². The summed E-state index contributed by atoms with van der Waals surface area (Å²) in [7, 11) is 0. The summed E-state index contributed by atoms with van der Waals surface area (Å²) < 4.78 is 0. The number of nitrogens with zero attached hydrogens (tertiary/aromatic N) is 1. The van der Waals surface area contributed by atoms with Gasteiger partial charge in [-0.3, -0.25) is 9.59 Å². The van der Waals surface area contributed by atoms with E-state index in [0.717, 1.165) is 42.4 Å². The molecule has 37 heavy (non-hydrogen) atoms. The van der Waals surface area contributed by atoms with Crippen LogP contribution in [-0.2, 0) is 16.1 Å². The Morgan fingerprint density at radius 1 is 0.892 bits per heavy atom. The third kappa shape index (κ3) is 7.37. The highest BCUT2D eigenvalue weighted by molar-refractivity contribution is 6.35. The lowest BCUT2D eigenvalue weighted by Gasteiger charge is -2.32. The van der Waals surface area contributed by atoms with E-state index in [1.807, 2.05) is 66.7 Å². The maximum atomic E-state index is 14.0. The standard InChI is InChI=1S/C31H34Cl2N2O2/c1-22(31(37)34-27-15-9-4-10-16-27)35(21-25-17-18-26(32)19-29(25)33)30(36)20-28(23-11-5-2-6-12-23)24-13-7-3-8-14-24/h2-3,5-8,11-14,17-19,22,27-28H,4,9-10,15-16,20-21H2,1H3,(H,34,37)/t22-/m0/s1. The molecule has 1 aliphatic carbocycles. The molecule has 0 aromatic heterocycles. The minimum Gasteiger partial charge on any atom is -0.352 e. The summed E-state index contributed by atoms with van der Waals surface area (Å²) >= 11 is 12.6. The number of nitrogens with one attached hydrogen (secondary N) is 1. The van der Waals surface area contributed by atoms with Gasteiger partial charge in [-0.25, -0.2) is 0 Å². The van der Waals surface area contributed by atoms with Crippen LogP contribution in [0.3, 0.4) is 0 Å². The SMILES string of the molecule is C[C@@H](C(=O)NC1CCCCC1)N(Cc1ccc(Cl)cc1Cl)C(=O)CC(c1ccccc1)c1ccccc1. The number of hydrogen-bond acceptors (Lipinski definition) is 2. The first-order valence-electron chi connectivity index (χ1n) is 13.1. The Balaban J connectivity index is 1.61. The summed E-state index contributed by atoms with van der Waals surface area (Å²) in [6.07, 6.45) is 5.66. The Bertz CT molecular complexity index is 1140. The highest BCUT2D eigenvalue weighted by Gasteiger charge is 2.30. The summed E-state index contributed by atoms with van der Waals surface area (Å²) in [5.41, 5.74) is 2.88. The van der Waals surface area contributed by atoms with Gasteiger partial charge in [0.2, 0.25) is 11.8 Å². The third-order valence-corrected chi connectivity index (χ3v) is 7.84. The van der Waals surface area contributed by atoms with Crippen LogP contribution in [0.1, 0.15) is 68.1 Å². The highest BCUT2D eigenvalue weighted by atomic mass is 35.5. The van der Waals surface area contributed by atoms with Crippen molar-refractivity contribution in [2.75, 3.05) is 0 Å². The van der Waals surface area contributed by atoms with E-state index in [9.17, 15) is 9.59 Å². The zero-order chi connectivity index (χ0) is 26.2. The second-order valence-corrected chi connectivity index (χ2v) is 10.7. The van der Waals surface area contributed by atoms with E-state index in [2.05, 4.69) is 5.32 Å². The fourth-order valence-electron chi connectivity index (χ4n) is 5.08. The van der Waals surface area contributed by atoms with Crippen molar-refractivity contribution < 1.29 is 9.59 Å². The molecule has 0 heterocycles. The molecular weight excluding hydrogens is 503 g/mol. The highest BCUT2D eigenvalue weighted by Crippen LogP contribution is 2.30. The van der Waals surface area contributed by atoms with Gasteiger partial charge in [0.1, 0.15) is 6.04 Å². The topological polar surface area (TPSA) is 49.4 Å². The van der Waals surface area contributed by atoms with Gasteiger partial charge in [0.25, 0.3) is 0 Å². The number of hydrogen-bond donors (Lipinski definition) is 1. The molecule has 2 amide bonds. The molecule has 1 saturated carbocycles. The van der Waals surface area contributed by atoms with E-state index in [4.69, 9.17) is 23.2 Å². The van der Waals surface area contributed by atoms with Gasteiger partial charge in [-0.2, -0.15) is 0 Å². The molecule has 0 unspecified atom stereocenters. The van der Waals surface area contributed by atoms with Crippen molar-refractivity contribution in [1.82, 2.24) is 10.2 Å². The van der Waals surface area contributed by atoms with Gasteiger partial charge in [0.15, 0.2) is 0 Å². The van der Waals surface area contributed by atoms with Crippen LogP contribution in [0.5, 0.6) is 0 Å². The van der Waals surface area contributed by atoms with Crippen LogP contribution in [0.15, 0.2) is 78.9 Å². The van der Waals surface area contributed by atoms with Crippen molar-refractivity contribution in [2.45, 2.75) is 70.0 Å². The first-order valence-corrected chi connectivity index (χ1v) is 13.8. The monoisotopic (exact) mass is 536 g/mol. The van der Waals surface area contributed by atoms with Gasteiger partial charge >= 0.3 is 0 Å². The molecule has 4 nitrogen and oxygen atoms in total. The van der Waals surface area contributed by atoms with Crippen molar-refractivity contribution in [3.05, 3.63) is 106 Å². The summed E-state index contributed by atoms with van der Waals surface area (Å²) in [5.74, 6) is -0.358. The average Bonchev–Trinajstić information content (AvgIpc) is 2.92. The van der Waals surface area contributed by atoms with E-state index >= 15 is 0 Å². The Morgan fingerprint density at radius 3 is 2.05 bits per heavy atom. The number of rotatable bonds is 9. The molecule has 3 aromatic carbocycles. The summed E-state index contributed by atoms with van der Waals surface area (Å²) in [6, 6.07) is 24.9. The second kappa shape index (κ2) is 13.1. The van der Waals surface area contributed by atoms with Gasteiger partial charge in [0, 0.05) is 35.0 Å². The van der Waals surface area contributed by atoms with Crippen LogP contribution in [0, 0.1) is 0 Å². The molecule has 0 spiro atoms. The van der Waals surface area contributed by atoms with E-state index in [1.165, 1.54) is 6.42 Å². The minimum absolute atomic E-state index is 0.102. The van der Waals surface area contributed by atoms with Crippen molar-refractivity contribution in [3.8, 4) is 0 Å². The fourth-order valence-corrected chi connectivity index (χ4v) is 5.54. The van der Waals surface area contributed by atoms with Crippen LogP contribution in [0.2, 0.25) is 10.0 Å². The van der Waals surface area contributed by atoms with Gasteiger partial charge < -0.3 is 10.2 Å². The minimum atomic E-state index is -0.645. The van der Waals surface area contributed by atoms with E-state index < -0.39 is 6.04 Å². The molecule has 0 radical (unpaired) electrons. The number of halogens is 2. The Labute approximate surface area is 230 Å². The Morgan fingerprint density at radius 2 is 1.49 bits per heavy atom. The maximum absolute atomic E-state index is 14.0. The lowest BCUT2D eigenvalue weighted by atomic mass is 9.88. The van der Waals surface area contributed by atoms with Gasteiger partial charge in [-0.05, 0) is 48.6 Å². The summed E-state index contributed by atoms with van der Waals surface area (Å²) in [6.45, 7) is 2.03. The maximum Gasteiger partial charge on any atom is 0.242 e. The predicted molar refractivity (Wildman–Crippen MR) is 151 cm³/mol. The van der Waals surface area contributed by atoms with Crippen LogP contribution in [-0.4, -0.2) is 28.8 Å². The zero-order valence-electron chi connectivity index (χ0n) is 21.2. The quantitative estimate of drug-likeness (QED) is 0.310. The summed E-state index contributed by atoms with van der Waals surface area (Å²) in [5, 5.41) is 4.20. The van der Waals surface area contributed by atoms with Crippen LogP contribution < -0.4 is 5.32 Å². The smallest absolute Gasteiger partial charge is 0.242 e. The predicted octanol–water partition coefficient (Wildman–Crippen LogP) is 7.38. The van der Waals surface area contributed by atoms with Crippen molar-refractivity contribution in [3.63, 3.8) is 0 Å². The largest absolute Gasteiger partial charge is 0.352 e. The zero-order valence-corrected chi connectivity index (χ0v) is 22.7. The van der Waals surface area contributed by atoms with Crippen LogP contribution in [0.25, 0.3) is 0 Å². The van der Waals surface area contributed by atoms with E-state index in [-0.39, 0.29) is 36.7 Å². The van der Waals surface area contributed by atoms with Gasteiger partial charge in [-0.1, -0.05) is 109 Å². The first kappa shape index (κ1) is 27.2. The number of carbonyl (C=O) groups excluding carboxylic acids is 2. The molecule has 1 aliphatic rings. The number of carbonyl (C=O) groups is 2. The molecular formula is C31H34Cl2N2O2. The molecule has 1 N–H and O–H groups in total. The van der Waals surface area contributed by atoms with Crippen molar-refractivity contribution >= 4 is 35.0 Å². The molecule has 0 saturated heterocycles. The molecule has 1 fully saturated rings. The number of amides is 2. The average molecular weight is 538 g/mol. The second-order valence-electron chi connectivity index (χ2n) is 9.85. The number of benzene rings is 3. The Kier molecular flexibility index (Phi) is 9.65. The van der Waals surface area contributed by atoms with Crippen LogP contribution in [0.4, 0.5) is 0 Å². The fraction of sp³-hybridized carbons (Fsp3) is 0.355. The molecule has 1 atom stereocenters. The third-order valence-electron chi connectivity index (χ3n) is 7.26. The molecule has 6 heteroatoms. The Hall–Kier alpha value is -2.82. The molecule has 4 rings (SSSR count). The summed E-state index contributed by atoms with van der Waals surface area (Å²) in [4.78, 5) is 29.0. The first-order chi connectivity index (χ1) is 17.9. The lowest BCUT2D eigenvalue weighted by molar-refractivity contribution is -0.141. The molecule has 194 valence electrons. The lowest BCUT2D eigenvalue weighted by Crippen LogP contribution is -2.50. The normalized spacial score (nSPS) is 14.8. The van der Waals surface area contributed by atoms with Crippen molar-refractivity contribution in [2.24, 2.45) is 0 Å². The molecule has 3 aromatic rings. The van der Waals surface area contributed by atoms with Crippen LogP contribution >= 0.6 is 23.2 Å². The van der Waals surface area contributed by atoms with Crippen molar-refractivity contribution in [1.29, 1.82) is 0 Å². The molecule has 0 bridgehead atoms. The molecule has 0 aliphatic heterocycles. The van der Waals surface area contributed by atoms with E-state index in [0.29, 0.717) is 10.0 Å².